The summed E-state index contributed by atoms with van der Waals surface area (Å²) in [6.07, 6.45) is -1.90. The first-order valence-electron chi connectivity index (χ1n) is 7.27. The van der Waals surface area contributed by atoms with E-state index in [2.05, 4.69) is 0 Å². The van der Waals surface area contributed by atoms with Crippen LogP contribution < -0.4 is 20.9 Å². The number of nitrogens with two attached hydrogens (primary N) is 2. The molecule has 24 heavy (non-hydrogen) atoms. The number of hydrogen-bond acceptors (Lipinski definition) is 5. The normalized spacial score (nSPS) is 12.9. The van der Waals surface area contributed by atoms with Gasteiger partial charge in [0, 0.05) is 11.1 Å². The molecule has 0 saturated heterocycles. The van der Waals surface area contributed by atoms with Gasteiger partial charge in [-0.25, -0.2) is 0 Å². The van der Waals surface area contributed by atoms with Gasteiger partial charge in [0.05, 0.1) is 0 Å². The van der Waals surface area contributed by atoms with Crippen LogP contribution in [0.2, 0.25) is 0 Å². The quantitative estimate of drug-likeness (QED) is 0.297. The van der Waals surface area contributed by atoms with Gasteiger partial charge in [0.15, 0.2) is 0 Å². The summed E-state index contributed by atoms with van der Waals surface area (Å²) >= 11 is 0. The molecule has 0 heterocycles. The molecule has 7 heteroatoms. The molecule has 0 aliphatic heterocycles. The van der Waals surface area contributed by atoms with Gasteiger partial charge in [-0.2, -0.15) is 0 Å². The maximum atomic E-state index is 9.91. The van der Waals surface area contributed by atoms with Crippen molar-refractivity contribution in [2.24, 2.45) is 11.5 Å². The van der Waals surface area contributed by atoms with Gasteiger partial charge < -0.3 is 26.0 Å². The number of hydrogen-bond donors (Lipinski definition) is 5. The molecule has 1 unspecified atom stereocenters. The van der Waals surface area contributed by atoms with E-state index < -0.39 is 12.4 Å². The fourth-order valence-electron chi connectivity index (χ4n) is 1.96. The van der Waals surface area contributed by atoms with Crippen LogP contribution in [0.1, 0.15) is 18.1 Å². The maximum absolute atomic E-state index is 9.91. The lowest BCUT2D eigenvalue weighted by Crippen LogP contribution is -2.35. The fraction of sp³-hybridized carbons (Fsp3) is 0.176. The summed E-state index contributed by atoms with van der Waals surface area (Å²) in [6.45, 7) is 1.54. The lowest BCUT2D eigenvalue weighted by molar-refractivity contribution is -0.0778. The molecule has 0 bridgehead atoms. The Kier molecular flexibility index (Phi) is 5.39. The topological polar surface area (TPSA) is 138 Å². The molecule has 2 aromatic rings. The Morgan fingerprint density at radius 1 is 0.917 bits per heavy atom. The van der Waals surface area contributed by atoms with Crippen LogP contribution in [-0.2, 0) is 0 Å². The first-order valence-corrected chi connectivity index (χ1v) is 7.27. The van der Waals surface area contributed by atoms with Gasteiger partial charge >= 0.3 is 0 Å². The van der Waals surface area contributed by atoms with Crippen molar-refractivity contribution in [2.45, 2.75) is 19.3 Å². The predicted octanol–water partition coefficient (Wildman–Crippen LogP) is 1.42. The molecule has 0 saturated carbocycles. The summed E-state index contributed by atoms with van der Waals surface area (Å²) in [5.74, 6) is 0.667. The highest BCUT2D eigenvalue weighted by atomic mass is 16.7. The molecule has 0 aliphatic rings. The monoisotopic (exact) mass is 328 g/mol. The van der Waals surface area contributed by atoms with Gasteiger partial charge in [-0.1, -0.05) is 24.3 Å². The van der Waals surface area contributed by atoms with Crippen molar-refractivity contribution in [3.05, 3.63) is 59.7 Å². The summed E-state index contributed by atoms with van der Waals surface area (Å²) in [7, 11) is 0. The van der Waals surface area contributed by atoms with Crippen molar-refractivity contribution in [2.75, 3.05) is 0 Å². The summed E-state index contributed by atoms with van der Waals surface area (Å²) in [5, 5.41) is 24.8. The summed E-state index contributed by atoms with van der Waals surface area (Å²) < 4.78 is 11.3. The standard InChI is InChI=1S/C17H20N4O3/c1-10(22)17(23-13-6-2-4-11(8-13)15(18)19)24-14-7-3-5-12(9-14)16(20)21/h2-10,17,22H,1H3,(H3,18,19)(H3,20,21). The number of aliphatic hydroxyl groups is 1. The summed E-state index contributed by atoms with van der Waals surface area (Å²) in [4.78, 5) is 0. The van der Waals surface area contributed by atoms with Crippen LogP contribution in [0.5, 0.6) is 11.5 Å². The molecule has 0 aromatic heterocycles. The zero-order chi connectivity index (χ0) is 17.7. The Bertz CT molecular complexity index is 687. The van der Waals surface area contributed by atoms with Crippen molar-refractivity contribution in [3.8, 4) is 11.5 Å². The summed E-state index contributed by atoms with van der Waals surface area (Å²) in [6, 6.07) is 13.3. The van der Waals surface area contributed by atoms with E-state index in [9.17, 15) is 5.11 Å². The second kappa shape index (κ2) is 7.47. The molecule has 0 radical (unpaired) electrons. The Labute approximate surface area is 139 Å². The molecule has 7 N–H and O–H groups in total. The molecule has 0 fully saturated rings. The number of amidine groups is 2. The molecule has 126 valence electrons. The van der Waals surface area contributed by atoms with E-state index >= 15 is 0 Å². The van der Waals surface area contributed by atoms with Gasteiger partial charge in [0.1, 0.15) is 29.3 Å². The van der Waals surface area contributed by atoms with Gasteiger partial charge in [-0.05, 0) is 31.2 Å². The molecule has 0 aliphatic carbocycles. The molecule has 1 atom stereocenters. The zero-order valence-electron chi connectivity index (χ0n) is 13.2. The third-order valence-electron chi connectivity index (χ3n) is 3.19. The van der Waals surface area contributed by atoms with Crippen LogP contribution in [-0.4, -0.2) is 29.2 Å². The number of nitrogen functional groups attached to an aromatic ring is 2. The molecule has 2 aromatic carbocycles. The highest BCUT2D eigenvalue weighted by molar-refractivity contribution is 5.95. The second-order valence-electron chi connectivity index (χ2n) is 5.23. The Balaban J connectivity index is 2.18. The van der Waals surface area contributed by atoms with Gasteiger partial charge in [0.2, 0.25) is 0 Å². The SMILES string of the molecule is CC(O)C(Oc1cccc(C(=N)N)c1)Oc1cccc(C(=N)N)c1. The lowest BCUT2D eigenvalue weighted by Gasteiger charge is -2.23. The van der Waals surface area contributed by atoms with Crippen LogP contribution in [0.15, 0.2) is 48.5 Å². The first kappa shape index (κ1) is 17.3. The van der Waals surface area contributed by atoms with Gasteiger partial charge in [0.25, 0.3) is 6.29 Å². The van der Waals surface area contributed by atoms with Crippen LogP contribution in [0.3, 0.4) is 0 Å². The Hall–Kier alpha value is -3.06. The molecular weight excluding hydrogens is 308 g/mol. The minimum absolute atomic E-state index is 0.0795. The Morgan fingerprint density at radius 3 is 1.67 bits per heavy atom. The first-order chi connectivity index (χ1) is 11.4. The molecule has 0 spiro atoms. The maximum Gasteiger partial charge on any atom is 0.266 e. The van der Waals surface area contributed by atoms with E-state index in [-0.39, 0.29) is 11.7 Å². The number of rotatable bonds is 7. The van der Waals surface area contributed by atoms with E-state index in [0.717, 1.165) is 0 Å². The van der Waals surface area contributed by atoms with Crippen molar-refractivity contribution >= 4 is 11.7 Å². The van der Waals surface area contributed by atoms with E-state index in [4.69, 9.17) is 31.8 Å². The van der Waals surface area contributed by atoms with Crippen LogP contribution in [0.25, 0.3) is 0 Å². The largest absolute Gasteiger partial charge is 0.452 e. The van der Waals surface area contributed by atoms with E-state index in [0.29, 0.717) is 22.6 Å². The molecule has 2 rings (SSSR count). The van der Waals surface area contributed by atoms with Crippen molar-refractivity contribution in [1.29, 1.82) is 10.8 Å². The van der Waals surface area contributed by atoms with E-state index in [1.54, 1.807) is 48.5 Å². The van der Waals surface area contributed by atoms with Gasteiger partial charge in [-0.15, -0.1) is 0 Å². The minimum Gasteiger partial charge on any atom is -0.452 e. The number of benzene rings is 2. The van der Waals surface area contributed by atoms with Gasteiger partial charge in [-0.3, -0.25) is 10.8 Å². The highest BCUT2D eigenvalue weighted by Gasteiger charge is 2.19. The van der Waals surface area contributed by atoms with E-state index in [1.165, 1.54) is 6.92 Å². The minimum atomic E-state index is -0.977. The van der Waals surface area contributed by atoms with Crippen LogP contribution >= 0.6 is 0 Å². The molecule has 0 amide bonds. The smallest absolute Gasteiger partial charge is 0.266 e. The summed E-state index contributed by atoms with van der Waals surface area (Å²) in [5.41, 5.74) is 11.9. The lowest BCUT2D eigenvalue weighted by atomic mass is 10.2. The van der Waals surface area contributed by atoms with Crippen molar-refractivity contribution in [1.82, 2.24) is 0 Å². The van der Waals surface area contributed by atoms with E-state index in [1.807, 2.05) is 0 Å². The predicted molar refractivity (Wildman–Crippen MR) is 91.6 cm³/mol. The molecular formula is C17H20N4O3. The number of nitrogens with one attached hydrogen (secondary N) is 2. The van der Waals surface area contributed by atoms with Crippen molar-refractivity contribution in [3.63, 3.8) is 0 Å². The third kappa shape index (κ3) is 4.47. The zero-order valence-corrected chi connectivity index (χ0v) is 13.2. The fourth-order valence-corrected chi connectivity index (χ4v) is 1.96. The van der Waals surface area contributed by atoms with Crippen LogP contribution in [0, 0.1) is 10.8 Å². The second-order valence-corrected chi connectivity index (χ2v) is 5.23. The average molecular weight is 328 g/mol. The Morgan fingerprint density at radius 2 is 1.33 bits per heavy atom. The average Bonchev–Trinajstić information content (AvgIpc) is 2.54. The highest BCUT2D eigenvalue weighted by Crippen LogP contribution is 2.20. The number of ether oxygens (including phenoxy) is 2. The molecule has 7 nitrogen and oxygen atoms in total. The third-order valence-corrected chi connectivity index (χ3v) is 3.19. The van der Waals surface area contributed by atoms with Crippen LogP contribution in [0.4, 0.5) is 0 Å². The number of aliphatic hydroxyl groups excluding tert-OH is 1. The van der Waals surface area contributed by atoms with Crippen molar-refractivity contribution < 1.29 is 14.6 Å².